The fraction of sp³-hybridized carbons (Fsp3) is 0.240. The first-order valence-corrected chi connectivity index (χ1v) is 12.0. The quantitative estimate of drug-likeness (QED) is 0.460. The molecule has 2 N–H and O–H groups in total. The Kier molecular flexibility index (Phi) is 8.08. The van der Waals surface area contributed by atoms with Crippen LogP contribution < -0.4 is 15.4 Å². The number of rotatable bonds is 8. The van der Waals surface area contributed by atoms with Gasteiger partial charge in [0.25, 0.3) is 0 Å². The Labute approximate surface area is 212 Å². The molecule has 2 heterocycles. The van der Waals surface area contributed by atoms with Crippen LogP contribution in [0.4, 0.5) is 10.3 Å². The van der Waals surface area contributed by atoms with E-state index in [1.165, 1.54) is 23.9 Å². The number of halogens is 2. The molecule has 1 aliphatic heterocycles. The Morgan fingerprint density at radius 2 is 1.94 bits per heavy atom. The van der Waals surface area contributed by atoms with Crippen molar-refractivity contribution in [2.24, 2.45) is 5.73 Å². The van der Waals surface area contributed by atoms with Crippen LogP contribution in [-0.4, -0.2) is 53.5 Å². The average Bonchev–Trinajstić information content (AvgIpc) is 2.86. The monoisotopic (exact) mass is 511 g/mol. The highest BCUT2D eigenvalue weighted by molar-refractivity contribution is 7.99. The predicted octanol–water partition coefficient (Wildman–Crippen LogP) is 3.85. The van der Waals surface area contributed by atoms with Crippen molar-refractivity contribution < 1.29 is 13.9 Å². The minimum atomic E-state index is -0.487. The second-order valence-electron chi connectivity index (χ2n) is 7.83. The Morgan fingerprint density at radius 3 is 2.60 bits per heavy atom. The van der Waals surface area contributed by atoms with E-state index in [2.05, 4.69) is 20.7 Å². The van der Waals surface area contributed by atoms with Gasteiger partial charge in [-0.05, 0) is 42.0 Å². The summed E-state index contributed by atoms with van der Waals surface area (Å²) in [4.78, 5) is 26.5. The molecule has 1 aliphatic rings. The third-order valence-electron chi connectivity index (χ3n) is 5.41. The number of hydrogen-bond acceptors (Lipinski definition) is 7. The van der Waals surface area contributed by atoms with E-state index in [1.807, 2.05) is 0 Å². The molecule has 1 amide bonds. The second-order valence-corrected chi connectivity index (χ2v) is 9.36. The number of anilines is 1. The van der Waals surface area contributed by atoms with Crippen LogP contribution in [0, 0.1) is 18.2 Å². The minimum absolute atomic E-state index is 0.0310. The van der Waals surface area contributed by atoms with Gasteiger partial charge in [-0.15, -0.1) is 6.42 Å². The zero-order valence-corrected chi connectivity index (χ0v) is 20.4. The van der Waals surface area contributed by atoms with Crippen molar-refractivity contribution >= 4 is 35.2 Å². The maximum absolute atomic E-state index is 13.5. The Hall–Kier alpha value is -3.32. The van der Waals surface area contributed by atoms with Gasteiger partial charge in [0, 0.05) is 36.6 Å². The first-order valence-electron chi connectivity index (χ1n) is 10.8. The van der Waals surface area contributed by atoms with Crippen molar-refractivity contribution in [3.63, 3.8) is 0 Å². The number of nitrogens with zero attached hydrogens (tertiary/aromatic N) is 4. The number of hydrogen-bond donors (Lipinski definition) is 1. The molecule has 1 aromatic heterocycles. The maximum Gasteiger partial charge on any atom is 0.248 e. The first-order chi connectivity index (χ1) is 16.9. The third kappa shape index (κ3) is 6.42. The highest BCUT2D eigenvalue weighted by Gasteiger charge is 2.20. The van der Waals surface area contributed by atoms with E-state index < -0.39 is 11.7 Å². The third-order valence-corrected chi connectivity index (χ3v) is 6.70. The van der Waals surface area contributed by atoms with E-state index in [0.29, 0.717) is 34.4 Å². The average molecular weight is 512 g/mol. The van der Waals surface area contributed by atoms with Gasteiger partial charge in [0.2, 0.25) is 17.7 Å². The van der Waals surface area contributed by atoms with E-state index in [-0.39, 0.29) is 11.6 Å². The van der Waals surface area contributed by atoms with Crippen LogP contribution in [0.5, 0.6) is 5.88 Å². The fourth-order valence-electron chi connectivity index (χ4n) is 3.50. The van der Waals surface area contributed by atoms with E-state index in [9.17, 15) is 9.18 Å². The van der Waals surface area contributed by atoms with Crippen molar-refractivity contribution in [3.8, 4) is 18.2 Å². The number of ether oxygens (including phenoxy) is 1. The number of carbonyl (C=O) groups is 1. The molecule has 1 saturated heterocycles. The van der Waals surface area contributed by atoms with E-state index in [0.717, 1.165) is 31.1 Å². The number of nitrogens with two attached hydrogens (primary N) is 1. The molecule has 3 aromatic rings. The lowest BCUT2D eigenvalue weighted by Crippen LogP contribution is -2.47. The summed E-state index contributed by atoms with van der Waals surface area (Å²) >= 11 is 7.31. The molecule has 0 unspecified atom stereocenters. The van der Waals surface area contributed by atoms with E-state index in [4.69, 9.17) is 33.5 Å². The Balaban J connectivity index is 1.56. The van der Waals surface area contributed by atoms with Gasteiger partial charge in [-0.25, -0.2) is 9.37 Å². The van der Waals surface area contributed by atoms with Crippen LogP contribution in [-0.2, 0) is 6.61 Å². The zero-order valence-electron chi connectivity index (χ0n) is 18.8. The van der Waals surface area contributed by atoms with Crippen LogP contribution in [0.2, 0.25) is 5.02 Å². The molecule has 0 atom stereocenters. The topological polar surface area (TPSA) is 84.6 Å². The van der Waals surface area contributed by atoms with Gasteiger partial charge in [0.15, 0.2) is 0 Å². The summed E-state index contributed by atoms with van der Waals surface area (Å²) in [5.74, 6) is 2.66. The maximum atomic E-state index is 13.5. The number of piperazine rings is 1. The van der Waals surface area contributed by atoms with Crippen LogP contribution in [0.1, 0.15) is 15.9 Å². The summed E-state index contributed by atoms with van der Waals surface area (Å²) in [6, 6.07) is 11.4. The summed E-state index contributed by atoms with van der Waals surface area (Å²) in [5.41, 5.74) is 6.47. The standard InChI is InChI=1S/C25H23ClFN5O2S/c1-2-9-31-10-12-32(13-11-31)25-29-15-22(35-19-6-4-18(5-7-19)23(28)33)24(30-25)34-16-17-3-8-21(27)20(26)14-17/h1,3-8,14-15H,9-13,16H2,(H2,28,33). The summed E-state index contributed by atoms with van der Waals surface area (Å²) in [7, 11) is 0. The van der Waals surface area contributed by atoms with Gasteiger partial charge in [0.05, 0.1) is 22.7 Å². The zero-order chi connectivity index (χ0) is 24.8. The molecule has 180 valence electrons. The van der Waals surface area contributed by atoms with Gasteiger partial charge in [-0.1, -0.05) is 35.3 Å². The van der Waals surface area contributed by atoms with Crippen molar-refractivity contribution in [2.45, 2.75) is 16.4 Å². The molecular weight excluding hydrogens is 489 g/mol. The number of terminal acetylenes is 1. The van der Waals surface area contributed by atoms with Gasteiger partial charge >= 0.3 is 0 Å². The van der Waals surface area contributed by atoms with E-state index >= 15 is 0 Å². The van der Waals surface area contributed by atoms with Crippen molar-refractivity contribution in [1.29, 1.82) is 0 Å². The summed E-state index contributed by atoms with van der Waals surface area (Å²) < 4.78 is 19.6. The number of amides is 1. The molecule has 10 heteroatoms. The molecule has 0 radical (unpaired) electrons. The van der Waals surface area contributed by atoms with Crippen molar-refractivity contribution in [2.75, 3.05) is 37.6 Å². The summed E-state index contributed by atoms with van der Waals surface area (Å²) in [5, 5.41) is 0.0310. The van der Waals surface area contributed by atoms with Crippen LogP contribution in [0.3, 0.4) is 0 Å². The summed E-state index contributed by atoms with van der Waals surface area (Å²) in [6.07, 6.45) is 7.14. The summed E-state index contributed by atoms with van der Waals surface area (Å²) in [6.45, 7) is 3.90. The number of carbonyl (C=O) groups excluding carboxylic acids is 1. The molecule has 7 nitrogen and oxygen atoms in total. The number of aromatic nitrogens is 2. The Morgan fingerprint density at radius 1 is 1.20 bits per heavy atom. The normalized spacial score (nSPS) is 13.9. The molecule has 0 aliphatic carbocycles. The van der Waals surface area contributed by atoms with Gasteiger partial charge < -0.3 is 15.4 Å². The molecule has 35 heavy (non-hydrogen) atoms. The first kappa shape index (κ1) is 24.8. The fourth-order valence-corrected chi connectivity index (χ4v) is 4.53. The van der Waals surface area contributed by atoms with Crippen molar-refractivity contribution in [3.05, 3.63) is 70.6 Å². The molecule has 1 fully saturated rings. The molecule has 2 aromatic carbocycles. The predicted molar refractivity (Wildman–Crippen MR) is 134 cm³/mol. The molecule has 4 rings (SSSR count). The number of primary amides is 1. The van der Waals surface area contributed by atoms with Gasteiger partial charge in [-0.2, -0.15) is 4.98 Å². The van der Waals surface area contributed by atoms with Crippen LogP contribution in [0.25, 0.3) is 0 Å². The highest BCUT2D eigenvalue weighted by atomic mass is 35.5. The molecule has 0 saturated carbocycles. The molecule has 0 bridgehead atoms. The molecular formula is C25H23ClFN5O2S. The van der Waals surface area contributed by atoms with E-state index in [1.54, 1.807) is 36.5 Å². The lowest BCUT2D eigenvalue weighted by atomic mass is 10.2. The largest absolute Gasteiger partial charge is 0.472 e. The Bertz CT molecular complexity index is 1240. The lowest BCUT2D eigenvalue weighted by molar-refractivity contribution is 0.1000. The second kappa shape index (κ2) is 11.4. The lowest BCUT2D eigenvalue weighted by Gasteiger charge is -2.33. The smallest absolute Gasteiger partial charge is 0.248 e. The van der Waals surface area contributed by atoms with Crippen LogP contribution >= 0.6 is 23.4 Å². The van der Waals surface area contributed by atoms with Crippen molar-refractivity contribution in [1.82, 2.24) is 14.9 Å². The highest BCUT2D eigenvalue weighted by Crippen LogP contribution is 2.35. The van der Waals surface area contributed by atoms with Gasteiger partial charge in [-0.3, -0.25) is 9.69 Å². The minimum Gasteiger partial charge on any atom is -0.472 e. The van der Waals surface area contributed by atoms with Gasteiger partial charge in [0.1, 0.15) is 12.4 Å². The van der Waals surface area contributed by atoms with Crippen LogP contribution in [0.15, 0.2) is 58.5 Å². The molecule has 0 spiro atoms. The SMILES string of the molecule is C#CCN1CCN(c2ncc(Sc3ccc(C(N)=O)cc3)c(OCc3ccc(F)c(Cl)c3)n2)CC1. The number of benzene rings is 2.